The number of hydrogen-bond acceptors (Lipinski definition) is 5. The fraction of sp³-hybridized carbons (Fsp3) is 0. The van der Waals surface area contributed by atoms with Gasteiger partial charge >= 0.3 is 5.63 Å². The lowest BCUT2D eigenvalue weighted by Crippen LogP contribution is -2.02. The second-order valence-electron chi connectivity index (χ2n) is 2.94. The molecule has 0 radical (unpaired) electrons. The van der Waals surface area contributed by atoms with E-state index in [1.807, 2.05) is 18.2 Å². The van der Waals surface area contributed by atoms with Gasteiger partial charge < -0.3 is 13.9 Å². The van der Waals surface area contributed by atoms with Gasteiger partial charge in [0.1, 0.15) is 5.58 Å². The van der Waals surface area contributed by atoms with Crippen molar-refractivity contribution in [3.63, 3.8) is 0 Å². The van der Waals surface area contributed by atoms with Crippen LogP contribution in [0.25, 0.3) is 11.0 Å². The second-order valence-corrected chi connectivity index (χ2v) is 3.55. The summed E-state index contributed by atoms with van der Waals surface area (Å²) in [4.78, 5) is 11.4. The molecule has 4 nitrogen and oxygen atoms in total. The zero-order valence-corrected chi connectivity index (χ0v) is 7.85. The summed E-state index contributed by atoms with van der Waals surface area (Å²) < 4.78 is 11.0. The molecule has 5 heteroatoms. The van der Waals surface area contributed by atoms with Gasteiger partial charge in [0.15, 0.2) is 5.69 Å². The summed E-state index contributed by atoms with van der Waals surface area (Å²) in [5, 5.41) is 0.916. The van der Waals surface area contributed by atoms with Gasteiger partial charge in [0.05, 0.1) is 17.8 Å². The van der Waals surface area contributed by atoms with Crippen molar-refractivity contribution < 1.29 is 4.42 Å². The molecule has 2 N–H and O–H groups in total. The fourth-order valence-corrected chi connectivity index (χ4v) is 2.13. The molecule has 3 rings (SSSR count). The Morgan fingerprint density at radius 1 is 1.14 bits per heavy atom. The summed E-state index contributed by atoms with van der Waals surface area (Å²) in [6.45, 7) is 0. The molecule has 0 spiro atoms. The first-order chi connectivity index (χ1) is 6.86. The Balaban J connectivity index is 2.52. The van der Waals surface area contributed by atoms with Gasteiger partial charge in [0, 0.05) is 5.39 Å². The third kappa shape index (κ3) is 0.927. The number of hydrogen-bond donors (Lipinski definition) is 2. The van der Waals surface area contributed by atoms with Gasteiger partial charge in [-0.3, -0.25) is 0 Å². The van der Waals surface area contributed by atoms with E-state index >= 15 is 0 Å². The van der Waals surface area contributed by atoms with Crippen LogP contribution in [0.1, 0.15) is 0 Å². The van der Waals surface area contributed by atoms with Crippen LogP contribution in [0.2, 0.25) is 0 Å². The zero-order valence-electron chi connectivity index (χ0n) is 7.03. The fourth-order valence-electron chi connectivity index (χ4n) is 1.48. The molecule has 0 unspecified atom stereocenters. The van der Waals surface area contributed by atoms with Crippen LogP contribution in [-0.4, -0.2) is 0 Å². The lowest BCUT2D eigenvalue weighted by molar-refractivity contribution is 0.565. The highest BCUT2D eigenvalue weighted by atomic mass is 32.2. The Hall–Kier alpha value is -1.62. The van der Waals surface area contributed by atoms with Gasteiger partial charge in [-0.25, -0.2) is 4.79 Å². The van der Waals surface area contributed by atoms with Crippen molar-refractivity contribution in [1.29, 1.82) is 0 Å². The van der Waals surface area contributed by atoms with Gasteiger partial charge in [0.2, 0.25) is 0 Å². The molecule has 0 amide bonds. The van der Waals surface area contributed by atoms with Gasteiger partial charge in [-0.15, -0.1) is 0 Å². The number of para-hydroxylation sites is 1. The summed E-state index contributed by atoms with van der Waals surface area (Å²) in [6, 6.07) is 7.44. The molecule has 1 aliphatic heterocycles. The molecule has 0 saturated carbocycles. The quantitative estimate of drug-likeness (QED) is 0.511. The first kappa shape index (κ1) is 7.75. The smallest absolute Gasteiger partial charge is 0.362 e. The van der Waals surface area contributed by atoms with Crippen molar-refractivity contribution in [2.45, 2.75) is 0 Å². The lowest BCUT2D eigenvalue weighted by Gasteiger charge is -2.00. The summed E-state index contributed by atoms with van der Waals surface area (Å²) in [7, 11) is 0. The molecule has 2 aromatic rings. The van der Waals surface area contributed by atoms with E-state index in [2.05, 4.69) is 9.44 Å². The van der Waals surface area contributed by atoms with Crippen molar-refractivity contribution in [1.82, 2.24) is 0 Å². The van der Waals surface area contributed by atoms with Crippen molar-refractivity contribution >= 4 is 34.5 Å². The van der Waals surface area contributed by atoms with E-state index in [1.165, 1.54) is 12.1 Å². The standard InChI is InChI=1S/C9H6N2O2S/c12-9-8-7(10-14-11-8)5-3-1-2-4-6(5)13-9/h1-4,10-11H. The van der Waals surface area contributed by atoms with Crippen LogP contribution in [0.3, 0.4) is 0 Å². The Morgan fingerprint density at radius 2 is 1.93 bits per heavy atom. The maximum Gasteiger partial charge on any atom is 0.362 e. The molecule has 1 aliphatic rings. The number of fused-ring (bicyclic) bond motifs is 3. The van der Waals surface area contributed by atoms with E-state index in [9.17, 15) is 4.79 Å². The minimum absolute atomic E-state index is 0.337. The maximum absolute atomic E-state index is 11.4. The van der Waals surface area contributed by atoms with Gasteiger partial charge in [-0.05, 0) is 12.1 Å². The van der Waals surface area contributed by atoms with Crippen LogP contribution >= 0.6 is 12.1 Å². The molecule has 14 heavy (non-hydrogen) atoms. The molecular formula is C9H6N2O2S. The number of anilines is 2. The van der Waals surface area contributed by atoms with Crippen molar-refractivity contribution in [2.75, 3.05) is 9.44 Å². The molecule has 0 aliphatic carbocycles. The van der Waals surface area contributed by atoms with E-state index in [0.29, 0.717) is 11.3 Å². The van der Waals surface area contributed by atoms with Crippen LogP contribution in [0, 0.1) is 0 Å². The highest BCUT2D eigenvalue weighted by Gasteiger charge is 2.18. The topological polar surface area (TPSA) is 54.3 Å². The average Bonchev–Trinajstić information content (AvgIpc) is 2.67. The highest BCUT2D eigenvalue weighted by Crippen LogP contribution is 2.35. The Labute approximate surface area is 83.6 Å². The van der Waals surface area contributed by atoms with Crippen molar-refractivity contribution in [2.24, 2.45) is 0 Å². The van der Waals surface area contributed by atoms with Crippen molar-refractivity contribution in [3.8, 4) is 0 Å². The van der Waals surface area contributed by atoms with Crippen LogP contribution in [0.4, 0.5) is 11.4 Å². The predicted octanol–water partition coefficient (Wildman–Crippen LogP) is 2.19. The summed E-state index contributed by atoms with van der Waals surface area (Å²) >= 11 is 1.27. The molecule has 0 fully saturated rings. The Bertz CT molecular complexity index is 564. The normalized spacial score (nSPS) is 13.4. The van der Waals surface area contributed by atoms with E-state index in [-0.39, 0.29) is 5.63 Å². The minimum Gasteiger partial charge on any atom is -0.421 e. The molecule has 70 valence electrons. The molecule has 0 bridgehead atoms. The van der Waals surface area contributed by atoms with Crippen LogP contribution in [0.15, 0.2) is 33.5 Å². The predicted molar refractivity (Wildman–Crippen MR) is 57.3 cm³/mol. The summed E-state index contributed by atoms with van der Waals surface area (Å²) in [5.74, 6) is 0. The zero-order chi connectivity index (χ0) is 9.54. The Kier molecular flexibility index (Phi) is 1.49. The van der Waals surface area contributed by atoms with Crippen LogP contribution in [0.5, 0.6) is 0 Å². The molecule has 2 heterocycles. The van der Waals surface area contributed by atoms with Gasteiger partial charge in [0.25, 0.3) is 0 Å². The van der Waals surface area contributed by atoms with Crippen LogP contribution in [-0.2, 0) is 0 Å². The van der Waals surface area contributed by atoms with E-state index in [1.54, 1.807) is 6.07 Å². The first-order valence-electron chi connectivity index (χ1n) is 4.10. The van der Waals surface area contributed by atoms with Crippen LogP contribution < -0.4 is 15.1 Å². The monoisotopic (exact) mass is 206 g/mol. The molecule has 0 saturated heterocycles. The first-order valence-corrected chi connectivity index (χ1v) is 4.91. The lowest BCUT2D eigenvalue weighted by atomic mass is 10.2. The van der Waals surface area contributed by atoms with Gasteiger partial charge in [-0.2, -0.15) is 0 Å². The summed E-state index contributed by atoms with van der Waals surface area (Å²) in [5.41, 5.74) is 1.57. The second kappa shape index (κ2) is 2.68. The van der Waals surface area contributed by atoms with E-state index in [0.717, 1.165) is 11.1 Å². The number of benzene rings is 1. The molecule has 1 aromatic heterocycles. The average molecular weight is 206 g/mol. The SMILES string of the molecule is O=c1oc2ccccc2c2c1NSN2. The third-order valence-electron chi connectivity index (χ3n) is 2.12. The molecule has 1 aromatic carbocycles. The molecular weight excluding hydrogens is 200 g/mol. The number of nitrogens with one attached hydrogen (secondary N) is 2. The largest absolute Gasteiger partial charge is 0.421 e. The maximum atomic E-state index is 11.4. The number of rotatable bonds is 0. The Morgan fingerprint density at radius 3 is 2.86 bits per heavy atom. The minimum atomic E-state index is -0.337. The molecule has 0 atom stereocenters. The van der Waals surface area contributed by atoms with E-state index < -0.39 is 0 Å². The summed E-state index contributed by atoms with van der Waals surface area (Å²) in [6.07, 6.45) is 0. The van der Waals surface area contributed by atoms with Crippen molar-refractivity contribution in [3.05, 3.63) is 34.7 Å². The third-order valence-corrected chi connectivity index (χ3v) is 2.73. The van der Waals surface area contributed by atoms with Gasteiger partial charge in [-0.1, -0.05) is 12.1 Å². The van der Waals surface area contributed by atoms with E-state index in [4.69, 9.17) is 4.42 Å². The highest BCUT2D eigenvalue weighted by molar-refractivity contribution is 8.02.